The Bertz CT molecular complexity index is 680. The molecule has 0 bridgehead atoms. The molecule has 0 fully saturated rings. The highest BCUT2D eigenvalue weighted by molar-refractivity contribution is 8.01. The molecule has 2 N–H and O–H groups in total. The summed E-state index contributed by atoms with van der Waals surface area (Å²) < 4.78 is 0.637. The third-order valence-corrected chi connectivity index (χ3v) is 4.48. The van der Waals surface area contributed by atoms with E-state index in [0.717, 1.165) is 0 Å². The Balaban J connectivity index is 1.86. The minimum absolute atomic E-state index is 0.0624. The van der Waals surface area contributed by atoms with E-state index in [9.17, 15) is 9.59 Å². The molecule has 0 aliphatic heterocycles. The average Bonchev–Trinajstić information content (AvgIpc) is 2.92. The Labute approximate surface area is 143 Å². The minimum Gasteiger partial charge on any atom is -0.351 e. The molecule has 6 nitrogen and oxygen atoms in total. The van der Waals surface area contributed by atoms with E-state index >= 15 is 0 Å². The van der Waals surface area contributed by atoms with Gasteiger partial charge < -0.3 is 5.32 Å². The quantitative estimate of drug-likeness (QED) is 0.640. The van der Waals surface area contributed by atoms with Gasteiger partial charge in [-0.25, -0.2) is 0 Å². The summed E-state index contributed by atoms with van der Waals surface area (Å²) in [6, 6.07) is 8.89. The topological polar surface area (TPSA) is 84.0 Å². The van der Waals surface area contributed by atoms with Gasteiger partial charge in [0.1, 0.15) is 0 Å². The summed E-state index contributed by atoms with van der Waals surface area (Å²) in [5.41, 5.74) is 0.301. The van der Waals surface area contributed by atoms with Gasteiger partial charge in [0.15, 0.2) is 4.34 Å². The SMILES string of the molecule is CC(C)(C)NC(=O)CSc1nnc(NC(=O)c2ccccc2)s1. The zero-order chi connectivity index (χ0) is 16.9. The molecule has 0 aliphatic rings. The van der Waals surface area contributed by atoms with E-state index in [-0.39, 0.29) is 23.1 Å². The Hall–Kier alpha value is -1.93. The number of thioether (sulfide) groups is 1. The van der Waals surface area contributed by atoms with E-state index in [1.165, 1.54) is 23.1 Å². The van der Waals surface area contributed by atoms with Crippen molar-refractivity contribution in [3.63, 3.8) is 0 Å². The zero-order valence-corrected chi connectivity index (χ0v) is 14.8. The lowest BCUT2D eigenvalue weighted by Gasteiger charge is -2.19. The molecule has 0 saturated carbocycles. The van der Waals surface area contributed by atoms with E-state index in [2.05, 4.69) is 20.8 Å². The number of hydrogen-bond acceptors (Lipinski definition) is 6. The molecule has 0 atom stereocenters. The van der Waals surface area contributed by atoms with Crippen LogP contribution in [0.2, 0.25) is 0 Å². The van der Waals surface area contributed by atoms with Crippen LogP contribution < -0.4 is 10.6 Å². The van der Waals surface area contributed by atoms with E-state index in [1.807, 2.05) is 26.8 Å². The van der Waals surface area contributed by atoms with E-state index in [1.54, 1.807) is 24.3 Å². The fraction of sp³-hybridized carbons (Fsp3) is 0.333. The maximum atomic E-state index is 12.0. The highest BCUT2D eigenvalue weighted by atomic mass is 32.2. The summed E-state index contributed by atoms with van der Waals surface area (Å²) >= 11 is 2.54. The molecule has 0 spiro atoms. The van der Waals surface area contributed by atoms with Crippen LogP contribution in [0.5, 0.6) is 0 Å². The number of benzene rings is 1. The van der Waals surface area contributed by atoms with E-state index < -0.39 is 0 Å². The first-order valence-electron chi connectivity index (χ1n) is 6.97. The van der Waals surface area contributed by atoms with Gasteiger partial charge in [-0.15, -0.1) is 10.2 Å². The molecule has 122 valence electrons. The molecular formula is C15H18N4O2S2. The molecule has 1 aromatic heterocycles. The Kier molecular flexibility index (Phi) is 5.73. The normalized spacial score (nSPS) is 11.1. The molecular weight excluding hydrogens is 332 g/mol. The Morgan fingerprint density at radius 2 is 1.87 bits per heavy atom. The van der Waals surface area contributed by atoms with Crippen molar-refractivity contribution in [3.05, 3.63) is 35.9 Å². The summed E-state index contributed by atoms with van der Waals surface area (Å²) in [4.78, 5) is 23.8. The standard InChI is InChI=1S/C15H18N4O2S2/c1-15(2,3)17-11(20)9-22-14-19-18-13(23-14)16-12(21)10-7-5-4-6-8-10/h4-8H,9H2,1-3H3,(H,17,20)(H,16,18,21). The maximum absolute atomic E-state index is 12.0. The molecule has 2 aromatic rings. The molecule has 0 aliphatic carbocycles. The predicted octanol–water partition coefficient (Wildman–Crippen LogP) is 2.80. The molecule has 23 heavy (non-hydrogen) atoms. The summed E-state index contributed by atoms with van der Waals surface area (Å²) in [5.74, 6) is -0.0326. The molecule has 0 unspecified atom stereocenters. The fourth-order valence-corrected chi connectivity index (χ4v) is 3.21. The molecule has 2 amide bonds. The molecule has 1 heterocycles. The lowest BCUT2D eigenvalue weighted by molar-refractivity contribution is -0.119. The summed E-state index contributed by atoms with van der Waals surface area (Å²) in [6.07, 6.45) is 0. The number of rotatable bonds is 5. The van der Waals surface area contributed by atoms with Gasteiger partial charge in [-0.2, -0.15) is 0 Å². The predicted molar refractivity (Wildman–Crippen MR) is 92.9 cm³/mol. The monoisotopic (exact) mass is 350 g/mol. The van der Waals surface area contributed by atoms with Gasteiger partial charge >= 0.3 is 0 Å². The smallest absolute Gasteiger partial charge is 0.257 e. The molecule has 2 rings (SSSR count). The molecule has 0 radical (unpaired) electrons. The van der Waals surface area contributed by atoms with Gasteiger partial charge in [0.25, 0.3) is 5.91 Å². The first-order valence-corrected chi connectivity index (χ1v) is 8.77. The maximum Gasteiger partial charge on any atom is 0.257 e. The van der Waals surface area contributed by atoms with Crippen molar-refractivity contribution < 1.29 is 9.59 Å². The van der Waals surface area contributed by atoms with Gasteiger partial charge in [-0.3, -0.25) is 14.9 Å². The van der Waals surface area contributed by atoms with Crippen molar-refractivity contribution in [1.82, 2.24) is 15.5 Å². The second-order valence-corrected chi connectivity index (χ2v) is 7.98. The van der Waals surface area contributed by atoms with Crippen LogP contribution in [0.4, 0.5) is 5.13 Å². The van der Waals surface area contributed by atoms with Crippen LogP contribution in [-0.4, -0.2) is 33.3 Å². The van der Waals surface area contributed by atoms with Crippen LogP contribution in [0.15, 0.2) is 34.7 Å². The second-order valence-electron chi connectivity index (χ2n) is 5.78. The summed E-state index contributed by atoms with van der Waals surface area (Å²) in [7, 11) is 0. The number of aromatic nitrogens is 2. The lowest BCUT2D eigenvalue weighted by atomic mass is 10.1. The van der Waals surface area contributed by atoms with Gasteiger partial charge in [-0.1, -0.05) is 41.3 Å². The second kappa shape index (κ2) is 7.56. The number of anilines is 1. The van der Waals surface area contributed by atoms with Crippen molar-refractivity contribution in [1.29, 1.82) is 0 Å². The molecule has 1 aromatic carbocycles. The fourth-order valence-electron chi connectivity index (χ4n) is 1.66. The van der Waals surface area contributed by atoms with Gasteiger partial charge in [0.05, 0.1) is 5.75 Å². The molecule has 0 saturated heterocycles. The highest BCUT2D eigenvalue weighted by Crippen LogP contribution is 2.25. The van der Waals surface area contributed by atoms with Crippen LogP contribution in [-0.2, 0) is 4.79 Å². The van der Waals surface area contributed by atoms with Crippen LogP contribution in [0.3, 0.4) is 0 Å². The first kappa shape index (κ1) is 17.4. The number of nitrogens with zero attached hydrogens (tertiary/aromatic N) is 2. The first-order chi connectivity index (χ1) is 10.8. The molecule has 8 heteroatoms. The highest BCUT2D eigenvalue weighted by Gasteiger charge is 2.15. The zero-order valence-electron chi connectivity index (χ0n) is 13.1. The largest absolute Gasteiger partial charge is 0.351 e. The number of carbonyl (C=O) groups is 2. The van der Waals surface area contributed by atoms with Crippen LogP contribution in [0.25, 0.3) is 0 Å². The van der Waals surface area contributed by atoms with Crippen molar-refractivity contribution in [2.45, 2.75) is 30.6 Å². The third kappa shape index (κ3) is 5.99. The minimum atomic E-state index is -0.256. The number of hydrogen-bond donors (Lipinski definition) is 2. The van der Waals surface area contributed by atoms with E-state index in [4.69, 9.17) is 0 Å². The number of carbonyl (C=O) groups excluding carboxylic acids is 2. The van der Waals surface area contributed by atoms with E-state index in [0.29, 0.717) is 15.0 Å². The summed E-state index contributed by atoms with van der Waals surface area (Å²) in [6.45, 7) is 5.78. The Morgan fingerprint density at radius 1 is 1.17 bits per heavy atom. The number of nitrogens with one attached hydrogen (secondary N) is 2. The third-order valence-electron chi connectivity index (χ3n) is 2.50. The van der Waals surface area contributed by atoms with Crippen molar-refractivity contribution in [3.8, 4) is 0 Å². The van der Waals surface area contributed by atoms with Gasteiger partial charge in [0.2, 0.25) is 11.0 Å². The van der Waals surface area contributed by atoms with Crippen molar-refractivity contribution in [2.24, 2.45) is 0 Å². The van der Waals surface area contributed by atoms with Crippen molar-refractivity contribution >= 4 is 40.0 Å². The van der Waals surface area contributed by atoms with Gasteiger partial charge in [0, 0.05) is 11.1 Å². The van der Waals surface area contributed by atoms with Crippen molar-refractivity contribution in [2.75, 3.05) is 11.1 Å². The Morgan fingerprint density at radius 3 is 2.52 bits per heavy atom. The van der Waals surface area contributed by atoms with Crippen LogP contribution in [0.1, 0.15) is 31.1 Å². The average molecular weight is 350 g/mol. The summed E-state index contributed by atoms with van der Waals surface area (Å²) in [5, 5.41) is 13.9. The van der Waals surface area contributed by atoms with Crippen LogP contribution in [0, 0.1) is 0 Å². The number of amides is 2. The van der Waals surface area contributed by atoms with Gasteiger partial charge in [-0.05, 0) is 32.9 Å². The van der Waals surface area contributed by atoms with Crippen LogP contribution >= 0.6 is 23.1 Å². The lowest BCUT2D eigenvalue weighted by Crippen LogP contribution is -2.41.